The standard InChI is InChI=1S/C16H11F4N/c17-15-8-13(16(18,19)20)3-4-14(15)11-2-1-10-5-6-21-9-12(10)7-11/h1-4,7-9H,5-6H2. The van der Waals surface area contributed by atoms with Gasteiger partial charge >= 0.3 is 6.18 Å². The molecule has 5 heteroatoms. The topological polar surface area (TPSA) is 12.4 Å². The van der Waals surface area contributed by atoms with Gasteiger partial charge in [-0.1, -0.05) is 18.2 Å². The lowest BCUT2D eigenvalue weighted by atomic mass is 9.96. The summed E-state index contributed by atoms with van der Waals surface area (Å²) in [6.07, 6.45) is -2.01. The monoisotopic (exact) mass is 293 g/mol. The zero-order valence-electron chi connectivity index (χ0n) is 10.9. The normalized spacial score (nSPS) is 14.1. The molecule has 21 heavy (non-hydrogen) atoms. The molecule has 0 atom stereocenters. The van der Waals surface area contributed by atoms with E-state index in [0.717, 1.165) is 30.2 Å². The van der Waals surface area contributed by atoms with Crippen molar-refractivity contribution in [2.45, 2.75) is 12.6 Å². The van der Waals surface area contributed by atoms with Gasteiger partial charge in [-0.2, -0.15) is 13.2 Å². The third-order valence-electron chi connectivity index (χ3n) is 3.49. The van der Waals surface area contributed by atoms with Gasteiger partial charge in [0.2, 0.25) is 0 Å². The van der Waals surface area contributed by atoms with Gasteiger partial charge in [-0.25, -0.2) is 4.39 Å². The zero-order valence-corrected chi connectivity index (χ0v) is 10.9. The van der Waals surface area contributed by atoms with E-state index in [1.54, 1.807) is 18.3 Å². The molecule has 0 N–H and O–H groups in total. The average Bonchev–Trinajstić information content (AvgIpc) is 2.45. The number of nitrogens with zero attached hydrogens (tertiary/aromatic N) is 1. The van der Waals surface area contributed by atoms with Crippen LogP contribution in [0.3, 0.4) is 0 Å². The first-order valence-electron chi connectivity index (χ1n) is 6.45. The number of hydrogen-bond acceptors (Lipinski definition) is 1. The summed E-state index contributed by atoms with van der Waals surface area (Å²) in [4.78, 5) is 4.15. The van der Waals surface area contributed by atoms with Crippen LogP contribution in [-0.4, -0.2) is 12.8 Å². The summed E-state index contributed by atoms with van der Waals surface area (Å²) in [5.74, 6) is -0.877. The predicted octanol–water partition coefficient (Wildman–Crippen LogP) is 4.49. The Morgan fingerprint density at radius 3 is 2.52 bits per heavy atom. The van der Waals surface area contributed by atoms with Crippen LogP contribution in [0.2, 0.25) is 0 Å². The number of benzene rings is 2. The molecule has 0 radical (unpaired) electrons. The third kappa shape index (κ3) is 2.68. The van der Waals surface area contributed by atoms with E-state index < -0.39 is 17.6 Å². The Bertz CT molecular complexity index is 717. The van der Waals surface area contributed by atoms with Gasteiger partial charge in [-0.3, -0.25) is 4.99 Å². The molecule has 2 aromatic rings. The molecule has 0 amide bonds. The van der Waals surface area contributed by atoms with Crippen LogP contribution in [0.15, 0.2) is 41.4 Å². The van der Waals surface area contributed by atoms with Crippen LogP contribution in [0.5, 0.6) is 0 Å². The first-order chi connectivity index (χ1) is 9.95. The minimum Gasteiger partial charge on any atom is -0.292 e. The van der Waals surface area contributed by atoms with Crippen LogP contribution in [0.25, 0.3) is 11.1 Å². The predicted molar refractivity (Wildman–Crippen MR) is 73.0 cm³/mol. The molecule has 1 aliphatic rings. The molecule has 0 saturated carbocycles. The van der Waals surface area contributed by atoms with Crippen molar-refractivity contribution in [2.75, 3.05) is 6.54 Å². The SMILES string of the molecule is Fc1cc(C(F)(F)F)ccc1-c1ccc2c(c1)C=NCC2. The molecule has 3 rings (SSSR count). The Labute approximate surface area is 118 Å². The minimum atomic E-state index is -4.54. The maximum Gasteiger partial charge on any atom is 0.416 e. The van der Waals surface area contributed by atoms with Crippen LogP contribution >= 0.6 is 0 Å². The van der Waals surface area contributed by atoms with E-state index in [2.05, 4.69) is 4.99 Å². The zero-order chi connectivity index (χ0) is 15.0. The van der Waals surface area contributed by atoms with Gasteiger partial charge in [0.25, 0.3) is 0 Å². The Hall–Kier alpha value is -2.17. The van der Waals surface area contributed by atoms with E-state index in [1.165, 1.54) is 6.07 Å². The van der Waals surface area contributed by atoms with Crippen molar-refractivity contribution in [3.63, 3.8) is 0 Å². The number of fused-ring (bicyclic) bond motifs is 1. The first-order valence-corrected chi connectivity index (χ1v) is 6.45. The Kier molecular flexibility index (Phi) is 3.27. The number of alkyl halides is 3. The fourth-order valence-corrected chi connectivity index (χ4v) is 2.38. The highest BCUT2D eigenvalue weighted by atomic mass is 19.4. The van der Waals surface area contributed by atoms with Crippen molar-refractivity contribution in [3.05, 3.63) is 58.9 Å². The smallest absolute Gasteiger partial charge is 0.292 e. The van der Waals surface area contributed by atoms with Crippen LogP contribution in [0.1, 0.15) is 16.7 Å². The molecule has 0 aliphatic carbocycles. The average molecular weight is 293 g/mol. The molecule has 1 aliphatic heterocycles. The highest BCUT2D eigenvalue weighted by Crippen LogP contribution is 2.33. The van der Waals surface area contributed by atoms with E-state index in [0.29, 0.717) is 11.6 Å². The summed E-state index contributed by atoms with van der Waals surface area (Å²) >= 11 is 0. The van der Waals surface area contributed by atoms with E-state index in [1.807, 2.05) is 6.07 Å². The number of halogens is 4. The fourth-order valence-electron chi connectivity index (χ4n) is 2.38. The molecular formula is C16H11F4N. The molecule has 0 saturated heterocycles. The maximum atomic E-state index is 14.0. The Balaban J connectivity index is 2.04. The molecular weight excluding hydrogens is 282 g/mol. The lowest BCUT2D eigenvalue weighted by Crippen LogP contribution is -2.06. The van der Waals surface area contributed by atoms with Crippen LogP contribution < -0.4 is 0 Å². The lowest BCUT2D eigenvalue weighted by molar-refractivity contribution is -0.137. The van der Waals surface area contributed by atoms with Gasteiger partial charge in [0, 0.05) is 18.3 Å². The summed E-state index contributed by atoms with van der Waals surface area (Å²) in [5.41, 5.74) is 1.72. The quantitative estimate of drug-likeness (QED) is 0.687. The lowest BCUT2D eigenvalue weighted by Gasteiger charge is -2.13. The molecule has 0 fully saturated rings. The molecule has 2 aromatic carbocycles. The highest BCUT2D eigenvalue weighted by molar-refractivity contribution is 5.85. The third-order valence-corrected chi connectivity index (χ3v) is 3.49. The molecule has 108 valence electrons. The van der Waals surface area contributed by atoms with Gasteiger partial charge in [-0.05, 0) is 41.3 Å². The number of rotatable bonds is 1. The molecule has 1 nitrogen and oxygen atoms in total. The highest BCUT2D eigenvalue weighted by Gasteiger charge is 2.31. The van der Waals surface area contributed by atoms with E-state index in [-0.39, 0.29) is 5.56 Å². The van der Waals surface area contributed by atoms with Gasteiger partial charge in [0.05, 0.1) is 5.56 Å². The maximum absolute atomic E-state index is 14.0. The Morgan fingerprint density at radius 2 is 1.81 bits per heavy atom. The first kappa shape index (κ1) is 13.8. The summed E-state index contributed by atoms with van der Waals surface area (Å²) in [7, 11) is 0. The van der Waals surface area contributed by atoms with E-state index >= 15 is 0 Å². The molecule has 0 unspecified atom stereocenters. The van der Waals surface area contributed by atoms with Gasteiger partial charge < -0.3 is 0 Å². The van der Waals surface area contributed by atoms with Crippen molar-refractivity contribution < 1.29 is 17.6 Å². The van der Waals surface area contributed by atoms with E-state index in [9.17, 15) is 17.6 Å². The van der Waals surface area contributed by atoms with Gasteiger partial charge in [-0.15, -0.1) is 0 Å². The molecule has 1 heterocycles. The summed E-state index contributed by atoms with van der Waals surface area (Å²) < 4.78 is 51.6. The van der Waals surface area contributed by atoms with Crippen molar-refractivity contribution in [2.24, 2.45) is 4.99 Å². The second kappa shape index (κ2) is 4.98. The summed E-state index contributed by atoms with van der Waals surface area (Å²) in [5, 5.41) is 0. The van der Waals surface area contributed by atoms with Gasteiger partial charge in [0.1, 0.15) is 5.82 Å². The minimum absolute atomic E-state index is 0.157. The number of aliphatic imine (C=N–C) groups is 1. The fraction of sp³-hybridized carbons (Fsp3) is 0.188. The van der Waals surface area contributed by atoms with Crippen LogP contribution in [0.4, 0.5) is 17.6 Å². The van der Waals surface area contributed by atoms with Crippen molar-refractivity contribution in [1.29, 1.82) is 0 Å². The van der Waals surface area contributed by atoms with Crippen LogP contribution in [-0.2, 0) is 12.6 Å². The van der Waals surface area contributed by atoms with Crippen LogP contribution in [0, 0.1) is 5.82 Å². The van der Waals surface area contributed by atoms with Gasteiger partial charge in [0.15, 0.2) is 0 Å². The largest absolute Gasteiger partial charge is 0.416 e. The van der Waals surface area contributed by atoms with E-state index in [4.69, 9.17) is 0 Å². The van der Waals surface area contributed by atoms with Crippen molar-refractivity contribution >= 4 is 6.21 Å². The Morgan fingerprint density at radius 1 is 1.00 bits per heavy atom. The summed E-state index contributed by atoms with van der Waals surface area (Å²) in [6, 6.07) is 7.94. The number of hydrogen-bond donors (Lipinski definition) is 0. The second-order valence-electron chi connectivity index (χ2n) is 4.89. The second-order valence-corrected chi connectivity index (χ2v) is 4.89. The van der Waals surface area contributed by atoms with Crippen molar-refractivity contribution in [3.8, 4) is 11.1 Å². The molecule has 0 bridgehead atoms. The molecule has 0 aromatic heterocycles. The molecule has 0 spiro atoms. The summed E-state index contributed by atoms with van der Waals surface area (Å²) in [6.45, 7) is 0.723. The van der Waals surface area contributed by atoms with Crippen molar-refractivity contribution in [1.82, 2.24) is 0 Å².